The van der Waals surface area contributed by atoms with Crippen molar-refractivity contribution >= 4 is 18.1 Å². The van der Waals surface area contributed by atoms with Crippen LogP contribution in [-0.4, -0.2) is 17.4 Å². The zero-order chi connectivity index (χ0) is 22.6. The van der Waals surface area contributed by atoms with Crippen LogP contribution in [0.4, 0.5) is 4.39 Å². The van der Waals surface area contributed by atoms with Crippen molar-refractivity contribution in [1.82, 2.24) is 0 Å². The molecule has 0 amide bonds. The van der Waals surface area contributed by atoms with E-state index in [0.717, 1.165) is 39.8 Å². The second kappa shape index (κ2) is 8.03. The zero-order valence-corrected chi connectivity index (χ0v) is 18.5. The van der Waals surface area contributed by atoms with Crippen molar-refractivity contribution in [1.29, 1.82) is 0 Å². The lowest BCUT2D eigenvalue weighted by Gasteiger charge is -2.57. The molecule has 0 aliphatic heterocycles. The Labute approximate surface area is 193 Å². The smallest absolute Gasteiger partial charge is 0.512 e. The Morgan fingerprint density at radius 1 is 0.848 bits per heavy atom. The Morgan fingerprint density at radius 2 is 1.52 bits per heavy atom. The highest BCUT2D eigenvalue weighted by molar-refractivity contribution is 6.33. The molecule has 3 aromatic carbocycles. The molecule has 7 rings (SSSR count). The van der Waals surface area contributed by atoms with E-state index < -0.39 is 7.32 Å². The molecule has 170 valence electrons. The minimum atomic E-state index is -1.84. The molecular weight excluding hydrogens is 418 g/mol. The van der Waals surface area contributed by atoms with Crippen molar-refractivity contribution in [2.24, 2.45) is 17.8 Å². The lowest BCUT2D eigenvalue weighted by molar-refractivity contribution is -0.00640. The number of hydrogen-bond acceptors (Lipinski definition) is 4. The first kappa shape index (κ1) is 21.0. The number of hydrogen-bond donors (Lipinski definition) is 2. The Bertz CT molecular complexity index is 1140. The third kappa shape index (κ3) is 4.00. The van der Waals surface area contributed by atoms with Gasteiger partial charge in [0.25, 0.3) is 0 Å². The molecule has 4 bridgehead atoms. The minimum absolute atomic E-state index is 0.133. The molecule has 4 saturated carbocycles. The number of ether oxygens (including phenoxy) is 1. The van der Waals surface area contributed by atoms with E-state index in [-0.39, 0.29) is 11.2 Å². The monoisotopic (exact) mass is 446 g/mol. The molecular formula is C27H28BFO4. The van der Waals surface area contributed by atoms with E-state index in [1.54, 1.807) is 18.2 Å². The average Bonchev–Trinajstić information content (AvgIpc) is 2.77. The summed E-state index contributed by atoms with van der Waals surface area (Å²) in [5.74, 6) is 3.49. The van der Waals surface area contributed by atoms with Gasteiger partial charge in [0.15, 0.2) is 0 Å². The van der Waals surface area contributed by atoms with Gasteiger partial charge in [0.05, 0.1) is 0 Å². The van der Waals surface area contributed by atoms with Gasteiger partial charge in [-0.1, -0.05) is 18.2 Å². The standard InChI is InChI=1S/C27H28BFO4/c29-23-4-1-17(2-5-23)16-32-26-12-21-3-6-24(33-28(30)31)10-22(21)11-25(26)27-13-18-7-19(14-27)9-20(8-18)15-27/h1-6,10-12,18-20,30-31H,7-9,13-16H2. The fourth-order valence-electron chi connectivity index (χ4n) is 7.17. The molecule has 0 saturated heterocycles. The van der Waals surface area contributed by atoms with Gasteiger partial charge in [-0.2, -0.15) is 0 Å². The van der Waals surface area contributed by atoms with Crippen molar-refractivity contribution in [3.63, 3.8) is 0 Å². The first-order valence-electron chi connectivity index (χ1n) is 11.9. The van der Waals surface area contributed by atoms with Gasteiger partial charge < -0.3 is 19.4 Å². The predicted molar refractivity (Wildman–Crippen MR) is 125 cm³/mol. The van der Waals surface area contributed by atoms with Crippen molar-refractivity contribution in [3.05, 3.63) is 71.5 Å². The van der Waals surface area contributed by atoms with Crippen LogP contribution in [0.2, 0.25) is 0 Å². The Morgan fingerprint density at radius 3 is 2.15 bits per heavy atom. The summed E-state index contributed by atoms with van der Waals surface area (Å²) in [7, 11) is -1.84. The lowest BCUT2D eigenvalue weighted by atomic mass is 9.48. The van der Waals surface area contributed by atoms with Gasteiger partial charge in [-0.3, -0.25) is 0 Å². The average molecular weight is 446 g/mol. The van der Waals surface area contributed by atoms with Gasteiger partial charge in [0, 0.05) is 5.56 Å². The molecule has 0 aromatic heterocycles. The molecule has 0 unspecified atom stereocenters. The van der Waals surface area contributed by atoms with Crippen LogP contribution in [0.5, 0.6) is 11.5 Å². The molecule has 0 atom stereocenters. The van der Waals surface area contributed by atoms with Crippen LogP contribution in [0.3, 0.4) is 0 Å². The summed E-state index contributed by atoms with van der Waals surface area (Å²) in [6.07, 6.45) is 7.73. The highest BCUT2D eigenvalue weighted by atomic mass is 19.1. The molecule has 4 fully saturated rings. The van der Waals surface area contributed by atoms with Crippen molar-refractivity contribution in [3.8, 4) is 11.5 Å². The molecule has 2 N–H and O–H groups in total. The molecule has 6 heteroatoms. The van der Waals surface area contributed by atoms with Gasteiger partial charge in [-0.05, 0) is 114 Å². The van der Waals surface area contributed by atoms with E-state index in [1.165, 1.54) is 56.2 Å². The maximum Gasteiger partial charge on any atom is 0.707 e. The number of halogens is 1. The molecule has 0 spiro atoms. The summed E-state index contributed by atoms with van der Waals surface area (Å²) in [5, 5.41) is 20.4. The van der Waals surface area contributed by atoms with E-state index in [0.29, 0.717) is 12.4 Å². The molecule has 0 heterocycles. The zero-order valence-electron chi connectivity index (χ0n) is 18.5. The van der Waals surface area contributed by atoms with E-state index in [9.17, 15) is 14.4 Å². The summed E-state index contributed by atoms with van der Waals surface area (Å²) in [6, 6.07) is 16.3. The summed E-state index contributed by atoms with van der Waals surface area (Å²) >= 11 is 0. The maximum absolute atomic E-state index is 13.3. The minimum Gasteiger partial charge on any atom is -0.512 e. The van der Waals surface area contributed by atoms with Crippen LogP contribution in [0.25, 0.3) is 10.8 Å². The van der Waals surface area contributed by atoms with Gasteiger partial charge in [-0.25, -0.2) is 4.39 Å². The maximum atomic E-state index is 13.3. The molecule has 0 radical (unpaired) electrons. The topological polar surface area (TPSA) is 58.9 Å². The van der Waals surface area contributed by atoms with Crippen molar-refractivity contribution in [2.45, 2.75) is 50.5 Å². The second-order valence-corrected chi connectivity index (χ2v) is 10.4. The van der Waals surface area contributed by atoms with Crippen LogP contribution in [0, 0.1) is 23.6 Å². The van der Waals surface area contributed by atoms with Crippen LogP contribution < -0.4 is 9.39 Å². The number of rotatable bonds is 6. The highest BCUT2D eigenvalue weighted by Gasteiger charge is 2.52. The highest BCUT2D eigenvalue weighted by Crippen LogP contribution is 2.62. The van der Waals surface area contributed by atoms with Crippen LogP contribution in [0.1, 0.15) is 49.7 Å². The fraction of sp³-hybridized carbons (Fsp3) is 0.407. The quantitative estimate of drug-likeness (QED) is 0.500. The number of benzene rings is 3. The Hall–Kier alpha value is -2.57. The van der Waals surface area contributed by atoms with E-state index in [1.807, 2.05) is 12.1 Å². The van der Waals surface area contributed by atoms with Gasteiger partial charge in [-0.15, -0.1) is 0 Å². The number of fused-ring (bicyclic) bond motifs is 1. The Kier molecular flexibility index (Phi) is 5.11. The largest absolute Gasteiger partial charge is 0.707 e. The molecule has 4 aliphatic rings. The summed E-state index contributed by atoms with van der Waals surface area (Å²) in [5.41, 5.74) is 2.33. The summed E-state index contributed by atoms with van der Waals surface area (Å²) in [4.78, 5) is 0. The van der Waals surface area contributed by atoms with Crippen LogP contribution in [-0.2, 0) is 12.0 Å². The molecule has 33 heavy (non-hydrogen) atoms. The van der Waals surface area contributed by atoms with Gasteiger partial charge >= 0.3 is 7.32 Å². The van der Waals surface area contributed by atoms with E-state index in [4.69, 9.17) is 9.39 Å². The van der Waals surface area contributed by atoms with Crippen molar-refractivity contribution in [2.75, 3.05) is 0 Å². The Balaban J connectivity index is 1.41. The SMILES string of the molecule is OB(O)Oc1ccc2cc(OCc3ccc(F)cc3)c(C34CC5CC(CC(C5)C3)C4)cc2c1. The third-order valence-corrected chi connectivity index (χ3v) is 8.07. The fourth-order valence-corrected chi connectivity index (χ4v) is 7.17. The predicted octanol–water partition coefficient (Wildman–Crippen LogP) is 5.37. The summed E-state index contributed by atoms with van der Waals surface area (Å²) in [6.45, 7) is 0.392. The molecule has 4 aliphatic carbocycles. The van der Waals surface area contributed by atoms with E-state index in [2.05, 4.69) is 12.1 Å². The van der Waals surface area contributed by atoms with Crippen LogP contribution in [0.15, 0.2) is 54.6 Å². The molecule has 4 nitrogen and oxygen atoms in total. The second-order valence-electron chi connectivity index (χ2n) is 10.4. The van der Waals surface area contributed by atoms with Gasteiger partial charge in [0.1, 0.15) is 23.9 Å². The van der Waals surface area contributed by atoms with Gasteiger partial charge in [0.2, 0.25) is 0 Å². The van der Waals surface area contributed by atoms with Crippen LogP contribution >= 0.6 is 0 Å². The third-order valence-electron chi connectivity index (χ3n) is 8.07. The first-order chi connectivity index (χ1) is 16.0. The lowest BCUT2D eigenvalue weighted by Crippen LogP contribution is -2.48. The summed E-state index contributed by atoms with van der Waals surface area (Å²) < 4.78 is 24.9. The molecule has 3 aromatic rings. The van der Waals surface area contributed by atoms with Crippen molar-refractivity contribution < 1.29 is 23.8 Å². The van der Waals surface area contributed by atoms with E-state index >= 15 is 0 Å². The normalized spacial score (nSPS) is 27.7. The first-order valence-corrected chi connectivity index (χ1v) is 11.9.